The molecule has 0 aliphatic heterocycles. The Morgan fingerprint density at radius 3 is 2.39 bits per heavy atom. The van der Waals surface area contributed by atoms with E-state index in [1.54, 1.807) is 6.92 Å². The molecule has 0 aliphatic carbocycles. The number of hydrogen-bond donors (Lipinski definition) is 1. The minimum atomic E-state index is -4.21. The van der Waals surface area contributed by atoms with Gasteiger partial charge in [0, 0.05) is 0 Å². The van der Waals surface area contributed by atoms with E-state index in [2.05, 4.69) is 0 Å². The predicted molar refractivity (Wildman–Crippen MR) is 62.0 cm³/mol. The predicted octanol–water partition coefficient (Wildman–Crippen LogP) is 1.54. The summed E-state index contributed by atoms with van der Waals surface area (Å²) >= 11 is 0. The van der Waals surface area contributed by atoms with Crippen LogP contribution in [0.2, 0.25) is 0 Å². The number of hydrogen-bond acceptors (Lipinski definition) is 4. The van der Waals surface area contributed by atoms with Crippen molar-refractivity contribution in [3.8, 4) is 0 Å². The van der Waals surface area contributed by atoms with Crippen LogP contribution in [0.1, 0.15) is 26.7 Å². The SMILES string of the molecule is CCOC(=O)C(C)(N)CCCN(C)CC(F)(F)F. The van der Waals surface area contributed by atoms with Crippen molar-refractivity contribution in [2.24, 2.45) is 5.73 Å². The maximum Gasteiger partial charge on any atom is 0.401 e. The number of carbonyl (C=O) groups is 1. The van der Waals surface area contributed by atoms with Gasteiger partial charge in [-0.25, -0.2) is 0 Å². The summed E-state index contributed by atoms with van der Waals surface area (Å²) in [6.07, 6.45) is -3.52. The molecule has 0 saturated carbocycles. The zero-order chi connectivity index (χ0) is 14.4. The molecular formula is C11H21F3N2O2. The molecule has 2 N–H and O–H groups in total. The van der Waals surface area contributed by atoms with E-state index in [0.29, 0.717) is 6.42 Å². The standard InChI is InChI=1S/C11H21F3N2O2/c1-4-18-9(17)10(2,15)6-5-7-16(3)8-11(12,13)14/h4-8,15H2,1-3H3. The topological polar surface area (TPSA) is 55.6 Å². The van der Waals surface area contributed by atoms with Crippen LogP contribution in [-0.2, 0) is 9.53 Å². The summed E-state index contributed by atoms with van der Waals surface area (Å²) in [6.45, 7) is 2.69. The average Bonchev–Trinajstić information content (AvgIpc) is 2.14. The summed E-state index contributed by atoms with van der Waals surface area (Å²) in [5.41, 5.74) is 4.60. The third-order valence-electron chi connectivity index (χ3n) is 2.43. The number of nitrogens with two attached hydrogens (primary N) is 1. The van der Waals surface area contributed by atoms with Gasteiger partial charge in [-0.1, -0.05) is 0 Å². The number of ether oxygens (including phenoxy) is 1. The zero-order valence-corrected chi connectivity index (χ0v) is 11.0. The van der Waals surface area contributed by atoms with Crippen LogP contribution in [0.5, 0.6) is 0 Å². The lowest BCUT2D eigenvalue weighted by atomic mass is 9.97. The summed E-state index contributed by atoms with van der Waals surface area (Å²) in [4.78, 5) is 12.6. The van der Waals surface area contributed by atoms with Gasteiger partial charge in [-0.05, 0) is 40.3 Å². The minimum Gasteiger partial charge on any atom is -0.465 e. The highest BCUT2D eigenvalue weighted by molar-refractivity contribution is 5.79. The number of rotatable bonds is 7. The van der Waals surface area contributed by atoms with Gasteiger partial charge in [0.15, 0.2) is 0 Å². The van der Waals surface area contributed by atoms with E-state index in [-0.39, 0.29) is 19.6 Å². The van der Waals surface area contributed by atoms with Gasteiger partial charge in [0.05, 0.1) is 13.2 Å². The molecule has 0 bridgehead atoms. The molecule has 1 atom stereocenters. The smallest absolute Gasteiger partial charge is 0.401 e. The fourth-order valence-corrected chi connectivity index (χ4v) is 1.50. The Balaban J connectivity index is 3.99. The largest absolute Gasteiger partial charge is 0.465 e. The van der Waals surface area contributed by atoms with Crippen molar-refractivity contribution in [3.05, 3.63) is 0 Å². The van der Waals surface area contributed by atoms with Gasteiger partial charge < -0.3 is 10.5 Å². The van der Waals surface area contributed by atoms with E-state index >= 15 is 0 Å². The molecule has 0 saturated heterocycles. The first-order valence-electron chi connectivity index (χ1n) is 5.80. The summed E-state index contributed by atoms with van der Waals surface area (Å²) in [5, 5.41) is 0. The van der Waals surface area contributed by atoms with Crippen LogP contribution in [0.25, 0.3) is 0 Å². The summed E-state index contributed by atoms with van der Waals surface area (Å²) < 4.78 is 41.0. The van der Waals surface area contributed by atoms with E-state index in [1.165, 1.54) is 14.0 Å². The molecule has 18 heavy (non-hydrogen) atoms. The van der Waals surface area contributed by atoms with Crippen LogP contribution in [0.4, 0.5) is 13.2 Å². The lowest BCUT2D eigenvalue weighted by Crippen LogP contribution is -2.46. The fraction of sp³-hybridized carbons (Fsp3) is 0.909. The van der Waals surface area contributed by atoms with E-state index in [0.717, 1.165) is 4.90 Å². The number of esters is 1. The van der Waals surface area contributed by atoms with Crippen LogP contribution in [0.3, 0.4) is 0 Å². The molecule has 0 aliphatic rings. The van der Waals surface area contributed by atoms with Crippen molar-refractivity contribution in [2.45, 2.75) is 38.4 Å². The van der Waals surface area contributed by atoms with Gasteiger partial charge >= 0.3 is 12.1 Å². The first kappa shape index (κ1) is 17.2. The van der Waals surface area contributed by atoms with Gasteiger partial charge in [-0.3, -0.25) is 9.69 Å². The van der Waals surface area contributed by atoms with Crippen molar-refractivity contribution in [3.63, 3.8) is 0 Å². The van der Waals surface area contributed by atoms with Crippen molar-refractivity contribution in [2.75, 3.05) is 26.7 Å². The Bertz CT molecular complexity index is 268. The highest BCUT2D eigenvalue weighted by Gasteiger charge is 2.31. The second-order valence-corrected chi connectivity index (χ2v) is 4.59. The molecule has 0 heterocycles. The van der Waals surface area contributed by atoms with Crippen molar-refractivity contribution in [1.82, 2.24) is 4.90 Å². The van der Waals surface area contributed by atoms with E-state index in [9.17, 15) is 18.0 Å². The minimum absolute atomic E-state index is 0.228. The second kappa shape index (κ2) is 6.94. The van der Waals surface area contributed by atoms with E-state index in [1.807, 2.05) is 0 Å². The van der Waals surface area contributed by atoms with Crippen LogP contribution < -0.4 is 5.73 Å². The van der Waals surface area contributed by atoms with Crippen LogP contribution >= 0.6 is 0 Å². The highest BCUT2D eigenvalue weighted by atomic mass is 19.4. The van der Waals surface area contributed by atoms with Crippen molar-refractivity contribution >= 4 is 5.97 Å². The number of carbonyl (C=O) groups excluding carboxylic acids is 1. The Morgan fingerprint density at radius 2 is 1.94 bits per heavy atom. The van der Waals surface area contributed by atoms with Gasteiger partial charge in [0.1, 0.15) is 5.54 Å². The Hall–Kier alpha value is -0.820. The monoisotopic (exact) mass is 270 g/mol. The molecule has 0 fully saturated rings. The number of halogens is 3. The second-order valence-electron chi connectivity index (χ2n) is 4.59. The van der Waals surface area contributed by atoms with Crippen molar-refractivity contribution < 1.29 is 22.7 Å². The van der Waals surface area contributed by atoms with Gasteiger partial charge in [0.25, 0.3) is 0 Å². The van der Waals surface area contributed by atoms with Gasteiger partial charge in [-0.15, -0.1) is 0 Å². The van der Waals surface area contributed by atoms with E-state index < -0.39 is 24.2 Å². The normalized spacial score (nSPS) is 15.6. The molecule has 0 radical (unpaired) electrons. The molecule has 108 valence electrons. The lowest BCUT2D eigenvalue weighted by molar-refractivity contribution is -0.150. The molecular weight excluding hydrogens is 249 g/mol. The van der Waals surface area contributed by atoms with Crippen LogP contribution in [-0.4, -0.2) is 49.3 Å². The molecule has 0 spiro atoms. The molecule has 7 heteroatoms. The molecule has 1 unspecified atom stereocenters. The van der Waals surface area contributed by atoms with Gasteiger partial charge in [-0.2, -0.15) is 13.2 Å². The van der Waals surface area contributed by atoms with Gasteiger partial charge in [0.2, 0.25) is 0 Å². The molecule has 0 rings (SSSR count). The maximum absolute atomic E-state index is 12.1. The fourth-order valence-electron chi connectivity index (χ4n) is 1.50. The first-order chi connectivity index (χ1) is 8.08. The Kier molecular flexibility index (Phi) is 6.62. The highest BCUT2D eigenvalue weighted by Crippen LogP contribution is 2.17. The van der Waals surface area contributed by atoms with Crippen LogP contribution in [0.15, 0.2) is 0 Å². The average molecular weight is 270 g/mol. The van der Waals surface area contributed by atoms with E-state index in [4.69, 9.17) is 10.5 Å². The summed E-state index contributed by atoms with van der Waals surface area (Å²) in [6, 6.07) is 0. The summed E-state index contributed by atoms with van der Waals surface area (Å²) in [7, 11) is 1.38. The third kappa shape index (κ3) is 7.50. The molecule has 0 aromatic carbocycles. The van der Waals surface area contributed by atoms with Crippen molar-refractivity contribution in [1.29, 1.82) is 0 Å². The van der Waals surface area contributed by atoms with Crippen LogP contribution in [0, 0.1) is 0 Å². The molecule has 0 amide bonds. The number of nitrogens with zero attached hydrogens (tertiary/aromatic N) is 1. The molecule has 0 aromatic heterocycles. The lowest BCUT2D eigenvalue weighted by Gasteiger charge is -2.24. The third-order valence-corrected chi connectivity index (χ3v) is 2.43. The number of alkyl halides is 3. The summed E-state index contributed by atoms with van der Waals surface area (Å²) in [5.74, 6) is -0.525. The molecule has 4 nitrogen and oxygen atoms in total. The Morgan fingerprint density at radius 1 is 1.39 bits per heavy atom. The zero-order valence-electron chi connectivity index (χ0n) is 11.0. The first-order valence-corrected chi connectivity index (χ1v) is 5.80. The quantitative estimate of drug-likeness (QED) is 0.713. The molecule has 0 aromatic rings. The maximum atomic E-state index is 12.1. The Labute approximate surface area is 105 Å².